The molecule has 1 N–H and O–H groups in total. The second-order valence-corrected chi connectivity index (χ2v) is 5.68. The van der Waals surface area contributed by atoms with Crippen LogP contribution in [-0.4, -0.2) is 18.0 Å². The highest BCUT2D eigenvalue weighted by Crippen LogP contribution is 2.16. The van der Waals surface area contributed by atoms with E-state index < -0.39 is 0 Å². The molecule has 23 heavy (non-hydrogen) atoms. The van der Waals surface area contributed by atoms with Gasteiger partial charge in [0, 0.05) is 20.1 Å². The lowest BCUT2D eigenvalue weighted by Gasteiger charge is -2.18. The third kappa shape index (κ3) is 3.89. The lowest BCUT2D eigenvalue weighted by atomic mass is 10.1. The third-order valence-electron chi connectivity index (χ3n) is 3.87. The highest BCUT2D eigenvalue weighted by molar-refractivity contribution is 5.83. The molecule has 3 aromatic rings. The first kappa shape index (κ1) is 15.1. The summed E-state index contributed by atoms with van der Waals surface area (Å²) in [6.07, 6.45) is 0. The molecule has 0 heterocycles. The van der Waals surface area contributed by atoms with Gasteiger partial charge in [-0.25, -0.2) is 4.79 Å². The van der Waals surface area contributed by atoms with E-state index in [2.05, 4.69) is 35.6 Å². The molecule has 0 fully saturated rings. The molecule has 3 aromatic carbocycles. The van der Waals surface area contributed by atoms with Crippen LogP contribution in [0.2, 0.25) is 0 Å². The Hall–Kier alpha value is -2.81. The number of rotatable bonds is 4. The van der Waals surface area contributed by atoms with E-state index in [1.54, 1.807) is 4.90 Å². The van der Waals surface area contributed by atoms with Crippen LogP contribution in [-0.2, 0) is 13.1 Å². The first-order valence-corrected chi connectivity index (χ1v) is 7.73. The van der Waals surface area contributed by atoms with Crippen molar-refractivity contribution in [1.29, 1.82) is 0 Å². The second-order valence-electron chi connectivity index (χ2n) is 5.68. The summed E-state index contributed by atoms with van der Waals surface area (Å²) in [7, 11) is 1.81. The minimum absolute atomic E-state index is 0.0676. The van der Waals surface area contributed by atoms with Crippen molar-refractivity contribution >= 4 is 16.8 Å². The standard InChI is InChI=1S/C20H20N2O/c1-22(20(23)21-14-16-7-3-2-4-8-16)15-17-11-12-18-9-5-6-10-19(18)13-17/h2-13H,14-15H2,1H3,(H,21,23). The van der Waals surface area contributed by atoms with E-state index in [4.69, 9.17) is 0 Å². The zero-order valence-corrected chi connectivity index (χ0v) is 13.2. The predicted octanol–water partition coefficient (Wildman–Crippen LogP) is 4.18. The molecule has 0 spiro atoms. The van der Waals surface area contributed by atoms with Gasteiger partial charge in [0.1, 0.15) is 0 Å². The maximum absolute atomic E-state index is 12.2. The highest BCUT2D eigenvalue weighted by atomic mass is 16.2. The number of nitrogens with zero attached hydrogens (tertiary/aromatic N) is 1. The van der Waals surface area contributed by atoms with Crippen LogP contribution in [0.15, 0.2) is 72.8 Å². The first-order chi connectivity index (χ1) is 11.2. The summed E-state index contributed by atoms with van der Waals surface area (Å²) in [5.74, 6) is 0. The van der Waals surface area contributed by atoms with Crippen LogP contribution < -0.4 is 5.32 Å². The van der Waals surface area contributed by atoms with E-state index in [1.807, 2.05) is 49.5 Å². The molecule has 0 aliphatic rings. The molecule has 3 heteroatoms. The number of nitrogens with one attached hydrogen (secondary N) is 1. The molecule has 116 valence electrons. The van der Waals surface area contributed by atoms with Gasteiger partial charge in [0.05, 0.1) is 0 Å². The number of hydrogen-bond acceptors (Lipinski definition) is 1. The number of hydrogen-bond donors (Lipinski definition) is 1. The van der Waals surface area contributed by atoms with Crippen molar-refractivity contribution in [3.8, 4) is 0 Å². The highest BCUT2D eigenvalue weighted by Gasteiger charge is 2.09. The van der Waals surface area contributed by atoms with E-state index in [-0.39, 0.29) is 6.03 Å². The average molecular weight is 304 g/mol. The molecule has 0 bridgehead atoms. The Morgan fingerprint density at radius 2 is 1.57 bits per heavy atom. The molecular formula is C20H20N2O. The van der Waals surface area contributed by atoms with Crippen LogP contribution in [0.25, 0.3) is 10.8 Å². The van der Waals surface area contributed by atoms with Gasteiger partial charge in [-0.1, -0.05) is 66.7 Å². The van der Waals surface area contributed by atoms with Crippen LogP contribution in [0.3, 0.4) is 0 Å². The van der Waals surface area contributed by atoms with Gasteiger partial charge in [-0.2, -0.15) is 0 Å². The summed E-state index contributed by atoms with van der Waals surface area (Å²) in [6, 6.07) is 24.4. The lowest BCUT2D eigenvalue weighted by molar-refractivity contribution is 0.206. The maximum Gasteiger partial charge on any atom is 0.317 e. The summed E-state index contributed by atoms with van der Waals surface area (Å²) < 4.78 is 0. The molecule has 0 saturated heterocycles. The number of carbonyl (C=O) groups is 1. The van der Waals surface area contributed by atoms with E-state index in [9.17, 15) is 4.79 Å². The van der Waals surface area contributed by atoms with Crippen LogP contribution in [0, 0.1) is 0 Å². The van der Waals surface area contributed by atoms with Gasteiger partial charge in [-0.3, -0.25) is 0 Å². The molecule has 0 saturated carbocycles. The first-order valence-electron chi connectivity index (χ1n) is 7.73. The number of carbonyl (C=O) groups excluding carboxylic acids is 1. The Kier molecular flexibility index (Phi) is 4.57. The van der Waals surface area contributed by atoms with Crippen molar-refractivity contribution in [1.82, 2.24) is 10.2 Å². The smallest absolute Gasteiger partial charge is 0.317 e. The molecule has 0 aliphatic heterocycles. The second kappa shape index (κ2) is 6.97. The molecular weight excluding hydrogens is 284 g/mol. The van der Waals surface area contributed by atoms with Gasteiger partial charge in [-0.15, -0.1) is 0 Å². The summed E-state index contributed by atoms with van der Waals surface area (Å²) >= 11 is 0. The van der Waals surface area contributed by atoms with E-state index >= 15 is 0 Å². The number of benzene rings is 3. The summed E-state index contributed by atoms with van der Waals surface area (Å²) in [4.78, 5) is 13.9. The molecule has 0 radical (unpaired) electrons. The van der Waals surface area contributed by atoms with Crippen molar-refractivity contribution in [2.24, 2.45) is 0 Å². The topological polar surface area (TPSA) is 32.3 Å². The van der Waals surface area contributed by atoms with Gasteiger partial charge >= 0.3 is 6.03 Å². The Labute approximate surface area is 136 Å². The largest absolute Gasteiger partial charge is 0.334 e. The average Bonchev–Trinajstić information content (AvgIpc) is 2.60. The predicted molar refractivity (Wildman–Crippen MR) is 94.1 cm³/mol. The van der Waals surface area contributed by atoms with Gasteiger partial charge in [-0.05, 0) is 28.0 Å². The molecule has 0 aromatic heterocycles. The van der Waals surface area contributed by atoms with Gasteiger partial charge in [0.25, 0.3) is 0 Å². The number of amides is 2. The minimum Gasteiger partial charge on any atom is -0.334 e. The Bertz CT molecular complexity index is 799. The normalized spacial score (nSPS) is 10.5. The third-order valence-corrected chi connectivity index (χ3v) is 3.87. The molecule has 0 aliphatic carbocycles. The van der Waals surface area contributed by atoms with Crippen molar-refractivity contribution in [3.05, 3.63) is 83.9 Å². The van der Waals surface area contributed by atoms with Crippen molar-refractivity contribution in [2.45, 2.75) is 13.1 Å². The minimum atomic E-state index is -0.0676. The molecule has 3 nitrogen and oxygen atoms in total. The number of urea groups is 1. The van der Waals surface area contributed by atoms with Crippen molar-refractivity contribution in [2.75, 3.05) is 7.05 Å². The Balaban J connectivity index is 1.60. The summed E-state index contributed by atoms with van der Waals surface area (Å²) in [6.45, 7) is 1.13. The van der Waals surface area contributed by atoms with Gasteiger partial charge in [0.2, 0.25) is 0 Å². The fourth-order valence-corrected chi connectivity index (χ4v) is 2.59. The van der Waals surface area contributed by atoms with Gasteiger partial charge in [0.15, 0.2) is 0 Å². The van der Waals surface area contributed by atoms with Crippen LogP contribution >= 0.6 is 0 Å². The molecule has 0 unspecified atom stereocenters. The molecule has 3 rings (SSSR count). The van der Waals surface area contributed by atoms with Crippen LogP contribution in [0.5, 0.6) is 0 Å². The molecule has 0 atom stereocenters. The monoisotopic (exact) mass is 304 g/mol. The Morgan fingerprint density at radius 3 is 2.35 bits per heavy atom. The fourth-order valence-electron chi connectivity index (χ4n) is 2.59. The lowest BCUT2D eigenvalue weighted by Crippen LogP contribution is -2.36. The van der Waals surface area contributed by atoms with Crippen LogP contribution in [0.4, 0.5) is 4.79 Å². The van der Waals surface area contributed by atoms with Crippen molar-refractivity contribution < 1.29 is 4.79 Å². The zero-order valence-electron chi connectivity index (χ0n) is 13.2. The fraction of sp³-hybridized carbons (Fsp3) is 0.150. The van der Waals surface area contributed by atoms with Gasteiger partial charge < -0.3 is 10.2 Å². The van der Waals surface area contributed by atoms with E-state index in [0.29, 0.717) is 13.1 Å². The van der Waals surface area contributed by atoms with Crippen molar-refractivity contribution in [3.63, 3.8) is 0 Å². The van der Waals surface area contributed by atoms with E-state index in [1.165, 1.54) is 10.8 Å². The summed E-state index contributed by atoms with van der Waals surface area (Å²) in [5.41, 5.74) is 2.22. The zero-order chi connectivity index (χ0) is 16.1. The van der Waals surface area contributed by atoms with E-state index in [0.717, 1.165) is 11.1 Å². The van der Waals surface area contributed by atoms with Crippen LogP contribution in [0.1, 0.15) is 11.1 Å². The SMILES string of the molecule is CN(Cc1ccc2ccccc2c1)C(=O)NCc1ccccc1. The maximum atomic E-state index is 12.2. The molecule has 2 amide bonds. The quantitative estimate of drug-likeness (QED) is 0.770. The number of fused-ring (bicyclic) bond motifs is 1. The summed E-state index contributed by atoms with van der Waals surface area (Å²) in [5, 5.41) is 5.36. The Morgan fingerprint density at radius 1 is 0.870 bits per heavy atom.